The van der Waals surface area contributed by atoms with E-state index >= 15 is 0 Å². The Morgan fingerprint density at radius 1 is 1.06 bits per heavy atom. The van der Waals surface area contributed by atoms with E-state index in [4.69, 9.17) is 13.9 Å². The molecule has 1 saturated heterocycles. The van der Waals surface area contributed by atoms with Crippen molar-refractivity contribution in [3.8, 4) is 11.5 Å². The molecule has 172 valence electrons. The first kappa shape index (κ1) is 23.8. The Morgan fingerprint density at radius 2 is 1.71 bits per heavy atom. The maximum atomic E-state index is 6.97. The zero-order valence-electron chi connectivity index (χ0n) is 20.7. The van der Waals surface area contributed by atoms with E-state index in [1.807, 2.05) is 12.1 Å². The number of nitrogens with zero attached hydrogens (tertiary/aromatic N) is 3. The van der Waals surface area contributed by atoms with Crippen LogP contribution in [0.2, 0.25) is 18.1 Å². The maximum absolute atomic E-state index is 6.97. The van der Waals surface area contributed by atoms with Crippen LogP contribution >= 0.6 is 0 Å². The molecule has 1 aliphatic heterocycles. The van der Waals surface area contributed by atoms with Crippen LogP contribution in [0.3, 0.4) is 0 Å². The molecule has 1 aromatic heterocycles. The van der Waals surface area contributed by atoms with Crippen molar-refractivity contribution in [3.63, 3.8) is 0 Å². The third-order valence-electron chi connectivity index (χ3n) is 7.14. The summed E-state index contributed by atoms with van der Waals surface area (Å²) in [6.45, 7) is 18.1. The summed E-state index contributed by atoms with van der Waals surface area (Å²) in [5.74, 6) is 3.45. The first-order chi connectivity index (χ1) is 14.5. The van der Waals surface area contributed by atoms with Crippen molar-refractivity contribution in [2.24, 2.45) is 11.8 Å². The van der Waals surface area contributed by atoms with Gasteiger partial charge in [0.1, 0.15) is 12.1 Å². The van der Waals surface area contributed by atoms with Crippen LogP contribution < -0.4 is 14.4 Å². The van der Waals surface area contributed by atoms with Gasteiger partial charge in [-0.3, -0.25) is 0 Å². The van der Waals surface area contributed by atoms with Crippen LogP contribution in [-0.4, -0.2) is 51.7 Å². The molecule has 0 bridgehead atoms. The van der Waals surface area contributed by atoms with Gasteiger partial charge in [-0.2, -0.15) is 0 Å². The highest BCUT2D eigenvalue weighted by molar-refractivity contribution is 6.74. The van der Waals surface area contributed by atoms with E-state index in [-0.39, 0.29) is 11.1 Å². The standard InChI is InChI=1S/C24H39N3O3Si/c1-16(2)17-10-11-27(14-22(17)30-31(8,9)24(3,4)5)23-18-12-20(28-6)21(29-7)13-19(18)25-15-26-23/h12-13,15-17,22H,10-11,14H2,1-9H3. The summed E-state index contributed by atoms with van der Waals surface area (Å²) < 4.78 is 18.0. The molecule has 1 fully saturated rings. The molecule has 0 amide bonds. The van der Waals surface area contributed by atoms with Gasteiger partial charge in [-0.05, 0) is 42.5 Å². The number of aromatic nitrogens is 2. The summed E-state index contributed by atoms with van der Waals surface area (Å²) in [5.41, 5.74) is 0.857. The van der Waals surface area contributed by atoms with E-state index in [0.717, 1.165) is 36.2 Å². The fraction of sp³-hybridized carbons (Fsp3) is 0.667. The quantitative estimate of drug-likeness (QED) is 0.546. The molecule has 31 heavy (non-hydrogen) atoms. The summed E-state index contributed by atoms with van der Waals surface area (Å²) in [6, 6.07) is 3.91. The van der Waals surface area contributed by atoms with E-state index < -0.39 is 8.32 Å². The summed E-state index contributed by atoms with van der Waals surface area (Å²) >= 11 is 0. The molecular formula is C24H39N3O3Si. The molecule has 0 saturated carbocycles. The largest absolute Gasteiger partial charge is 0.493 e. The van der Waals surface area contributed by atoms with Crippen molar-refractivity contribution in [1.29, 1.82) is 0 Å². The highest BCUT2D eigenvalue weighted by atomic mass is 28.4. The smallest absolute Gasteiger partial charge is 0.192 e. The summed E-state index contributed by atoms with van der Waals surface area (Å²) in [6.07, 6.45) is 2.93. The van der Waals surface area contributed by atoms with Gasteiger partial charge in [-0.25, -0.2) is 9.97 Å². The lowest BCUT2D eigenvalue weighted by molar-refractivity contribution is 0.0757. The number of hydrogen-bond acceptors (Lipinski definition) is 6. The zero-order valence-corrected chi connectivity index (χ0v) is 21.7. The predicted molar refractivity (Wildman–Crippen MR) is 130 cm³/mol. The molecule has 0 N–H and O–H groups in total. The van der Waals surface area contributed by atoms with Gasteiger partial charge >= 0.3 is 0 Å². The van der Waals surface area contributed by atoms with Gasteiger partial charge in [-0.1, -0.05) is 34.6 Å². The fourth-order valence-corrected chi connectivity index (χ4v) is 5.55. The van der Waals surface area contributed by atoms with E-state index in [9.17, 15) is 0 Å². The molecule has 2 unspecified atom stereocenters. The van der Waals surface area contributed by atoms with Crippen LogP contribution in [0.5, 0.6) is 11.5 Å². The normalized spacial score (nSPS) is 20.4. The van der Waals surface area contributed by atoms with Gasteiger partial charge in [0.25, 0.3) is 0 Å². The van der Waals surface area contributed by atoms with E-state index in [1.54, 1.807) is 20.5 Å². The topological polar surface area (TPSA) is 56.7 Å². The first-order valence-corrected chi connectivity index (χ1v) is 14.2. The lowest BCUT2D eigenvalue weighted by atomic mass is 9.84. The Morgan fingerprint density at radius 3 is 2.29 bits per heavy atom. The molecule has 6 nitrogen and oxygen atoms in total. The van der Waals surface area contributed by atoms with Crippen molar-refractivity contribution in [2.75, 3.05) is 32.2 Å². The Kier molecular flexibility index (Phi) is 6.86. The van der Waals surface area contributed by atoms with Gasteiger partial charge in [0.2, 0.25) is 0 Å². The van der Waals surface area contributed by atoms with Gasteiger partial charge < -0.3 is 18.8 Å². The van der Waals surface area contributed by atoms with Gasteiger partial charge in [-0.15, -0.1) is 0 Å². The molecule has 0 aliphatic carbocycles. The van der Waals surface area contributed by atoms with Crippen molar-refractivity contribution in [3.05, 3.63) is 18.5 Å². The van der Waals surface area contributed by atoms with Gasteiger partial charge in [0.05, 0.1) is 25.8 Å². The van der Waals surface area contributed by atoms with E-state index in [1.165, 1.54) is 0 Å². The molecule has 1 aliphatic rings. The number of ether oxygens (including phenoxy) is 2. The number of benzene rings is 1. The number of methoxy groups -OCH3 is 2. The van der Waals surface area contributed by atoms with Crippen molar-refractivity contribution in [2.45, 2.75) is 65.3 Å². The summed E-state index contributed by atoms with van der Waals surface area (Å²) in [5, 5.41) is 1.16. The number of fused-ring (bicyclic) bond motifs is 1. The molecule has 2 atom stereocenters. The SMILES string of the molecule is COc1cc2ncnc(N3CCC(C(C)C)C(O[Si](C)(C)C(C)(C)C)C3)c2cc1OC. The van der Waals surface area contributed by atoms with Crippen LogP contribution in [-0.2, 0) is 4.43 Å². The number of rotatable bonds is 6. The second kappa shape index (κ2) is 8.94. The Bertz CT molecular complexity index is 911. The van der Waals surface area contributed by atoms with Crippen LogP contribution in [0, 0.1) is 11.8 Å². The Labute approximate surface area is 188 Å². The summed E-state index contributed by atoms with van der Waals surface area (Å²) in [4.78, 5) is 11.5. The van der Waals surface area contributed by atoms with Crippen LogP contribution in [0.15, 0.2) is 18.5 Å². The average Bonchev–Trinajstić information content (AvgIpc) is 2.70. The number of hydrogen-bond donors (Lipinski definition) is 0. The minimum absolute atomic E-state index is 0.183. The van der Waals surface area contributed by atoms with Crippen LogP contribution in [0.1, 0.15) is 41.0 Å². The van der Waals surface area contributed by atoms with Crippen molar-refractivity contribution < 1.29 is 13.9 Å². The molecule has 1 aromatic carbocycles. The Balaban J connectivity index is 1.97. The maximum Gasteiger partial charge on any atom is 0.192 e. The number of anilines is 1. The zero-order chi connectivity index (χ0) is 23.0. The van der Waals surface area contributed by atoms with Crippen LogP contribution in [0.4, 0.5) is 5.82 Å². The lowest BCUT2D eigenvalue weighted by Gasteiger charge is -2.47. The Hall–Kier alpha value is -1.86. The minimum Gasteiger partial charge on any atom is -0.493 e. The van der Waals surface area contributed by atoms with Crippen molar-refractivity contribution >= 4 is 25.0 Å². The van der Waals surface area contributed by atoms with Crippen molar-refractivity contribution in [1.82, 2.24) is 9.97 Å². The van der Waals surface area contributed by atoms with E-state index in [2.05, 4.69) is 62.6 Å². The van der Waals surface area contributed by atoms with E-state index in [0.29, 0.717) is 23.3 Å². The third kappa shape index (κ3) is 4.82. The molecule has 3 rings (SSSR count). The lowest BCUT2D eigenvalue weighted by Crippen LogP contribution is -2.53. The summed E-state index contributed by atoms with van der Waals surface area (Å²) in [7, 11) is 1.41. The predicted octanol–water partition coefficient (Wildman–Crippen LogP) is 5.52. The molecule has 2 aromatic rings. The monoisotopic (exact) mass is 445 g/mol. The average molecular weight is 446 g/mol. The molecule has 0 radical (unpaired) electrons. The minimum atomic E-state index is -1.89. The third-order valence-corrected chi connectivity index (χ3v) is 11.6. The first-order valence-electron chi connectivity index (χ1n) is 11.3. The van der Waals surface area contributed by atoms with Gasteiger partial charge in [0, 0.05) is 24.5 Å². The second-order valence-electron chi connectivity index (χ2n) is 10.5. The fourth-order valence-electron chi connectivity index (χ4n) is 4.19. The second-order valence-corrected chi connectivity index (χ2v) is 15.2. The highest BCUT2D eigenvalue weighted by Crippen LogP contribution is 2.41. The molecule has 2 heterocycles. The molecule has 7 heteroatoms. The van der Waals surface area contributed by atoms with Crippen LogP contribution in [0.25, 0.3) is 10.9 Å². The number of piperidine rings is 1. The van der Waals surface area contributed by atoms with Gasteiger partial charge in [0.15, 0.2) is 19.8 Å². The molecular weight excluding hydrogens is 406 g/mol. The highest BCUT2D eigenvalue weighted by Gasteiger charge is 2.43. The molecule has 0 spiro atoms.